The van der Waals surface area contributed by atoms with Gasteiger partial charge in [-0.05, 0) is 50.6 Å². The molecule has 0 spiro atoms. The molecule has 0 amide bonds. The Hall–Kier alpha value is -1.85. The molecule has 4 rings (SSSR count). The van der Waals surface area contributed by atoms with Crippen molar-refractivity contribution in [2.75, 3.05) is 39.8 Å². The van der Waals surface area contributed by atoms with Crippen molar-refractivity contribution in [3.05, 3.63) is 52.4 Å². The smallest absolute Gasteiger partial charge is 0.152 e. The first-order valence-corrected chi connectivity index (χ1v) is 11.9. The maximum absolute atomic E-state index is 5.31. The molecule has 2 unspecified atom stereocenters. The lowest BCUT2D eigenvalue weighted by Gasteiger charge is -2.40. The Morgan fingerprint density at radius 1 is 1.00 bits per heavy atom. The molecule has 3 aliphatic rings. The van der Waals surface area contributed by atoms with Crippen molar-refractivity contribution < 1.29 is 0 Å². The van der Waals surface area contributed by atoms with Crippen LogP contribution in [0.3, 0.4) is 0 Å². The Morgan fingerprint density at radius 2 is 1.83 bits per heavy atom. The lowest BCUT2D eigenvalue weighted by Crippen LogP contribution is -2.48. The summed E-state index contributed by atoms with van der Waals surface area (Å²) in [6.07, 6.45) is 12.7. The molecular formula is C24H34N4S. The standard InChI is InChI=1S/C24H34N4S/c1-19-10-11-21(27-15-13-26(3)14-16-27)24-25-20(2)8-5-4-6-12-28(24)22(18-19)23-9-7-17-29-23/h4-5,7,9,11,17-20H,6,8,10,12-16H2,1-3H3. The molecule has 156 valence electrons. The van der Waals surface area contributed by atoms with E-state index >= 15 is 0 Å². The van der Waals surface area contributed by atoms with Crippen LogP contribution in [0.2, 0.25) is 0 Å². The number of thiophene rings is 1. The number of fused-ring (bicyclic) bond motifs is 1. The summed E-state index contributed by atoms with van der Waals surface area (Å²) in [6.45, 7) is 9.95. The quantitative estimate of drug-likeness (QED) is 0.660. The maximum atomic E-state index is 5.31. The third-order valence-electron chi connectivity index (χ3n) is 6.02. The van der Waals surface area contributed by atoms with Crippen LogP contribution in [-0.2, 0) is 0 Å². The van der Waals surface area contributed by atoms with Gasteiger partial charge in [-0.3, -0.25) is 4.99 Å². The van der Waals surface area contributed by atoms with Gasteiger partial charge in [0.25, 0.3) is 0 Å². The predicted octanol–water partition coefficient (Wildman–Crippen LogP) is 4.70. The van der Waals surface area contributed by atoms with Crippen molar-refractivity contribution in [2.24, 2.45) is 10.9 Å². The van der Waals surface area contributed by atoms with Gasteiger partial charge < -0.3 is 14.7 Å². The van der Waals surface area contributed by atoms with Crippen LogP contribution >= 0.6 is 11.3 Å². The molecule has 0 bridgehead atoms. The van der Waals surface area contributed by atoms with Gasteiger partial charge in [-0.15, -0.1) is 11.3 Å². The molecule has 1 aromatic heterocycles. The van der Waals surface area contributed by atoms with Gasteiger partial charge in [0, 0.05) is 32.7 Å². The van der Waals surface area contributed by atoms with Crippen LogP contribution < -0.4 is 0 Å². The van der Waals surface area contributed by atoms with Crippen molar-refractivity contribution in [1.82, 2.24) is 14.7 Å². The van der Waals surface area contributed by atoms with Gasteiger partial charge in [0.2, 0.25) is 0 Å². The average Bonchev–Trinajstić information content (AvgIpc) is 3.25. The van der Waals surface area contributed by atoms with Gasteiger partial charge in [-0.25, -0.2) is 0 Å². The highest BCUT2D eigenvalue weighted by molar-refractivity contribution is 7.11. The highest BCUT2D eigenvalue weighted by atomic mass is 32.1. The highest BCUT2D eigenvalue weighted by Crippen LogP contribution is 2.32. The van der Waals surface area contributed by atoms with Crippen molar-refractivity contribution in [3.63, 3.8) is 0 Å². The lowest BCUT2D eigenvalue weighted by atomic mass is 10.0. The first-order chi connectivity index (χ1) is 14.1. The molecule has 1 fully saturated rings. The van der Waals surface area contributed by atoms with E-state index in [1.807, 2.05) is 11.3 Å². The first-order valence-electron chi connectivity index (χ1n) is 11.0. The molecule has 29 heavy (non-hydrogen) atoms. The zero-order valence-electron chi connectivity index (χ0n) is 18.1. The minimum atomic E-state index is 0.291. The van der Waals surface area contributed by atoms with Crippen LogP contribution in [0.5, 0.6) is 0 Å². The first kappa shape index (κ1) is 20.4. The largest absolute Gasteiger partial charge is 0.366 e. The van der Waals surface area contributed by atoms with Gasteiger partial charge in [0.15, 0.2) is 5.84 Å². The van der Waals surface area contributed by atoms with Crippen molar-refractivity contribution in [2.45, 2.75) is 39.2 Å². The second-order valence-electron chi connectivity index (χ2n) is 8.57. The summed E-state index contributed by atoms with van der Waals surface area (Å²) in [5.74, 6) is 1.69. The molecule has 2 atom stereocenters. The third-order valence-corrected chi connectivity index (χ3v) is 6.92. The fourth-order valence-electron chi connectivity index (χ4n) is 4.26. The molecular weight excluding hydrogens is 376 g/mol. The lowest BCUT2D eigenvalue weighted by molar-refractivity contribution is 0.190. The summed E-state index contributed by atoms with van der Waals surface area (Å²) in [7, 11) is 2.22. The fraction of sp³-hybridized carbons (Fsp3) is 0.542. The van der Waals surface area contributed by atoms with Crippen LogP contribution in [0.4, 0.5) is 0 Å². The summed E-state index contributed by atoms with van der Waals surface area (Å²) in [5, 5.41) is 2.19. The SMILES string of the molecule is CC1C=C(c2cccs2)N2CCC=CCC(C)N=C2C(N2CCN(C)CC2)=CC1. The number of piperazine rings is 1. The van der Waals surface area contributed by atoms with E-state index in [0.29, 0.717) is 12.0 Å². The van der Waals surface area contributed by atoms with Crippen molar-refractivity contribution in [1.29, 1.82) is 0 Å². The van der Waals surface area contributed by atoms with Gasteiger partial charge in [-0.1, -0.05) is 37.3 Å². The number of hydrogen-bond donors (Lipinski definition) is 0. The van der Waals surface area contributed by atoms with Gasteiger partial charge >= 0.3 is 0 Å². The Kier molecular flexibility index (Phi) is 6.56. The minimum absolute atomic E-state index is 0.291. The van der Waals surface area contributed by atoms with E-state index in [1.165, 1.54) is 22.1 Å². The van der Waals surface area contributed by atoms with Crippen LogP contribution in [0.25, 0.3) is 5.70 Å². The van der Waals surface area contributed by atoms with Gasteiger partial charge in [0.1, 0.15) is 0 Å². The molecule has 0 saturated carbocycles. The summed E-state index contributed by atoms with van der Waals surface area (Å²) in [4.78, 5) is 14.2. The zero-order chi connectivity index (χ0) is 20.2. The molecule has 1 saturated heterocycles. The van der Waals surface area contributed by atoms with E-state index in [2.05, 4.69) is 77.4 Å². The Bertz CT molecular complexity index is 797. The second kappa shape index (κ2) is 9.31. The average molecular weight is 411 g/mol. The normalized spacial score (nSPS) is 26.9. The molecule has 0 aromatic carbocycles. The van der Waals surface area contributed by atoms with E-state index in [1.54, 1.807) is 0 Å². The van der Waals surface area contributed by atoms with E-state index in [0.717, 1.165) is 52.0 Å². The third kappa shape index (κ3) is 4.84. The predicted molar refractivity (Wildman–Crippen MR) is 125 cm³/mol. The molecule has 0 radical (unpaired) electrons. The number of likely N-dealkylation sites (N-methyl/N-ethyl adjacent to an activating group) is 1. The molecule has 3 aliphatic heterocycles. The van der Waals surface area contributed by atoms with Gasteiger partial charge in [0.05, 0.1) is 22.3 Å². The zero-order valence-corrected chi connectivity index (χ0v) is 18.9. The van der Waals surface area contributed by atoms with Crippen LogP contribution in [0.1, 0.15) is 38.0 Å². The molecule has 0 aliphatic carbocycles. The van der Waals surface area contributed by atoms with Crippen molar-refractivity contribution >= 4 is 22.9 Å². The Morgan fingerprint density at radius 3 is 2.59 bits per heavy atom. The number of nitrogens with zero attached hydrogens (tertiary/aromatic N) is 4. The monoisotopic (exact) mass is 410 g/mol. The molecule has 5 heteroatoms. The molecule has 4 heterocycles. The molecule has 0 N–H and O–H groups in total. The molecule has 1 aromatic rings. The molecule has 4 nitrogen and oxygen atoms in total. The van der Waals surface area contributed by atoms with E-state index in [-0.39, 0.29) is 0 Å². The summed E-state index contributed by atoms with van der Waals surface area (Å²) in [6, 6.07) is 4.71. The Labute approximate surface area is 179 Å². The van der Waals surface area contributed by atoms with Crippen LogP contribution in [0, 0.1) is 5.92 Å². The number of allylic oxidation sites excluding steroid dienone is 2. The van der Waals surface area contributed by atoms with E-state index in [9.17, 15) is 0 Å². The van der Waals surface area contributed by atoms with E-state index < -0.39 is 0 Å². The van der Waals surface area contributed by atoms with Gasteiger partial charge in [-0.2, -0.15) is 0 Å². The minimum Gasteiger partial charge on any atom is -0.366 e. The number of rotatable bonds is 2. The Balaban J connectivity index is 1.78. The van der Waals surface area contributed by atoms with Crippen LogP contribution in [-0.4, -0.2) is 66.3 Å². The highest BCUT2D eigenvalue weighted by Gasteiger charge is 2.29. The van der Waals surface area contributed by atoms with Crippen molar-refractivity contribution in [3.8, 4) is 0 Å². The fourth-order valence-corrected chi connectivity index (χ4v) is 5.02. The summed E-state index contributed by atoms with van der Waals surface area (Å²) < 4.78 is 0. The summed E-state index contributed by atoms with van der Waals surface area (Å²) >= 11 is 1.84. The maximum Gasteiger partial charge on any atom is 0.152 e. The number of hydrogen-bond acceptors (Lipinski definition) is 5. The van der Waals surface area contributed by atoms with Crippen LogP contribution in [0.15, 0.2) is 52.5 Å². The second-order valence-corrected chi connectivity index (χ2v) is 9.52. The number of amidine groups is 1. The topological polar surface area (TPSA) is 22.1 Å². The summed E-state index contributed by atoms with van der Waals surface area (Å²) in [5.41, 5.74) is 2.69. The number of aliphatic imine (C=N–C) groups is 1. The van der Waals surface area contributed by atoms with E-state index in [4.69, 9.17) is 4.99 Å².